The number of hydrogen-bond acceptors (Lipinski definition) is 6. The van der Waals surface area contributed by atoms with E-state index in [1.54, 1.807) is 30.3 Å². The molecule has 0 saturated carbocycles. The molecule has 1 atom stereocenters. The molecule has 0 aliphatic heterocycles. The minimum Gasteiger partial charge on any atom is -0.478 e. The van der Waals surface area contributed by atoms with Gasteiger partial charge in [-0.1, -0.05) is 60.1 Å². The third-order valence-electron chi connectivity index (χ3n) is 4.98. The van der Waals surface area contributed by atoms with Crippen molar-refractivity contribution in [2.45, 2.75) is 10.1 Å². The summed E-state index contributed by atoms with van der Waals surface area (Å²) in [5.74, 6) is -1.98. The molecule has 2 amide bonds. The molecule has 0 aliphatic rings. The second-order valence-corrected chi connectivity index (χ2v) is 10.0. The second kappa shape index (κ2) is 12.4. The molecule has 186 valence electrons. The Bertz CT molecular complexity index is 1440. The first kappa shape index (κ1) is 26.2. The Morgan fingerprint density at radius 1 is 0.919 bits per heavy atom. The van der Waals surface area contributed by atoms with Crippen LogP contribution in [0.2, 0.25) is 5.02 Å². The number of rotatable bonds is 9. The first-order valence-electron chi connectivity index (χ1n) is 10.9. The zero-order valence-corrected chi connectivity index (χ0v) is 21.5. The number of hydrogen-bond donors (Lipinski definition) is 3. The number of thiazole rings is 1. The van der Waals surface area contributed by atoms with Crippen molar-refractivity contribution in [1.29, 1.82) is 0 Å². The molecule has 0 fully saturated rings. The van der Waals surface area contributed by atoms with Crippen LogP contribution in [0.1, 0.15) is 10.8 Å². The smallest absolute Gasteiger partial charge is 0.328 e. The van der Waals surface area contributed by atoms with E-state index in [4.69, 9.17) is 16.7 Å². The number of carboxylic acid groups (broad SMARTS) is 1. The van der Waals surface area contributed by atoms with Crippen molar-refractivity contribution in [2.24, 2.45) is 0 Å². The fraction of sp³-hybridized carbons (Fsp3) is 0.0370. The summed E-state index contributed by atoms with van der Waals surface area (Å²) in [6.07, 6.45) is 1.71. The first-order chi connectivity index (χ1) is 17.9. The van der Waals surface area contributed by atoms with Crippen molar-refractivity contribution < 1.29 is 19.5 Å². The fourth-order valence-electron chi connectivity index (χ4n) is 3.28. The number of halogens is 1. The van der Waals surface area contributed by atoms with E-state index in [9.17, 15) is 14.4 Å². The number of thioether (sulfide) groups is 1. The highest BCUT2D eigenvalue weighted by Crippen LogP contribution is 2.37. The molecule has 3 N–H and O–H groups in total. The van der Waals surface area contributed by atoms with Crippen LogP contribution in [0.3, 0.4) is 0 Å². The van der Waals surface area contributed by atoms with Gasteiger partial charge in [-0.15, -0.1) is 23.1 Å². The van der Waals surface area contributed by atoms with Crippen molar-refractivity contribution in [2.75, 3.05) is 10.6 Å². The van der Waals surface area contributed by atoms with Crippen LogP contribution in [0, 0.1) is 0 Å². The van der Waals surface area contributed by atoms with E-state index >= 15 is 0 Å². The van der Waals surface area contributed by atoms with Crippen LogP contribution >= 0.6 is 34.7 Å². The average Bonchev–Trinajstić information content (AvgIpc) is 3.35. The van der Waals surface area contributed by atoms with E-state index in [0.29, 0.717) is 21.5 Å². The third-order valence-corrected chi connectivity index (χ3v) is 7.33. The van der Waals surface area contributed by atoms with Crippen LogP contribution < -0.4 is 10.6 Å². The van der Waals surface area contributed by atoms with Gasteiger partial charge in [0.2, 0.25) is 11.8 Å². The maximum absolute atomic E-state index is 13.4. The number of nitrogens with zero attached hydrogens (tertiary/aromatic N) is 1. The summed E-state index contributed by atoms with van der Waals surface area (Å²) in [5, 5.41) is 16.5. The van der Waals surface area contributed by atoms with Gasteiger partial charge in [0.05, 0.1) is 5.69 Å². The standard InChI is InChI=1S/C27H20ClN3O4S2/c28-21-9-5-4-8-20(21)22-16-36-27(30-22)31-26(35)25(17-6-2-1-3-7-17)37-19-12-10-18(11-13-19)29-23(32)14-15-24(33)34/h1-16,25H,(H,29,32)(H,33,34)(H,30,31,35)/b15-14+. The number of benzene rings is 3. The van der Waals surface area contributed by atoms with Crippen LogP contribution in [-0.4, -0.2) is 27.9 Å². The lowest BCUT2D eigenvalue weighted by molar-refractivity contribution is -0.131. The SMILES string of the molecule is O=C(O)/C=C/C(=O)Nc1ccc(SC(C(=O)Nc2nc(-c3ccccc3Cl)cs2)c2ccccc2)cc1. The van der Waals surface area contributed by atoms with Crippen LogP contribution in [0.5, 0.6) is 0 Å². The Hall–Kier alpha value is -3.92. The first-order valence-corrected chi connectivity index (χ1v) is 13.1. The topological polar surface area (TPSA) is 108 Å². The number of nitrogens with one attached hydrogen (secondary N) is 2. The molecule has 1 unspecified atom stereocenters. The van der Waals surface area contributed by atoms with E-state index in [1.165, 1.54) is 23.1 Å². The summed E-state index contributed by atoms with van der Waals surface area (Å²) in [5.41, 5.74) is 2.80. The van der Waals surface area contributed by atoms with E-state index < -0.39 is 17.1 Å². The molecule has 0 saturated heterocycles. The lowest BCUT2D eigenvalue weighted by Crippen LogP contribution is -2.19. The van der Waals surface area contributed by atoms with Gasteiger partial charge in [-0.25, -0.2) is 9.78 Å². The zero-order valence-electron chi connectivity index (χ0n) is 19.1. The second-order valence-electron chi connectivity index (χ2n) is 7.60. The van der Waals surface area contributed by atoms with Gasteiger partial charge in [0.15, 0.2) is 5.13 Å². The highest BCUT2D eigenvalue weighted by Gasteiger charge is 2.23. The van der Waals surface area contributed by atoms with Gasteiger partial charge in [-0.3, -0.25) is 9.59 Å². The van der Waals surface area contributed by atoms with Crippen molar-refractivity contribution in [3.8, 4) is 11.3 Å². The molecule has 37 heavy (non-hydrogen) atoms. The molecule has 1 heterocycles. The summed E-state index contributed by atoms with van der Waals surface area (Å²) in [6.45, 7) is 0. The molecule has 0 bridgehead atoms. The Labute approximate surface area is 226 Å². The van der Waals surface area contributed by atoms with Gasteiger partial charge in [-0.05, 0) is 35.9 Å². The van der Waals surface area contributed by atoms with Gasteiger partial charge in [0.1, 0.15) is 5.25 Å². The van der Waals surface area contributed by atoms with Crippen LogP contribution in [0.4, 0.5) is 10.8 Å². The van der Waals surface area contributed by atoms with Crippen molar-refractivity contribution in [3.05, 3.63) is 107 Å². The van der Waals surface area contributed by atoms with Crippen LogP contribution in [-0.2, 0) is 14.4 Å². The van der Waals surface area contributed by atoms with Gasteiger partial charge < -0.3 is 15.7 Å². The largest absolute Gasteiger partial charge is 0.478 e. The lowest BCUT2D eigenvalue weighted by atomic mass is 10.1. The number of carbonyl (C=O) groups excluding carboxylic acids is 2. The molecular formula is C27H20ClN3O4S2. The molecule has 7 nitrogen and oxygen atoms in total. The number of aromatic nitrogens is 1. The summed E-state index contributed by atoms with van der Waals surface area (Å²) < 4.78 is 0. The number of carboxylic acids is 1. The van der Waals surface area contributed by atoms with E-state index in [0.717, 1.165) is 28.2 Å². The number of amides is 2. The number of carbonyl (C=O) groups is 3. The maximum atomic E-state index is 13.4. The maximum Gasteiger partial charge on any atom is 0.328 e. The molecular weight excluding hydrogens is 530 g/mol. The predicted molar refractivity (Wildman–Crippen MR) is 148 cm³/mol. The molecule has 0 aliphatic carbocycles. The Morgan fingerprint density at radius 3 is 2.32 bits per heavy atom. The van der Waals surface area contributed by atoms with Crippen molar-refractivity contribution in [1.82, 2.24) is 4.98 Å². The summed E-state index contributed by atoms with van der Waals surface area (Å²) in [4.78, 5) is 41.1. The van der Waals surface area contributed by atoms with Crippen molar-refractivity contribution in [3.63, 3.8) is 0 Å². The average molecular weight is 550 g/mol. The Kier molecular flexibility index (Phi) is 8.73. The van der Waals surface area contributed by atoms with Crippen LogP contribution in [0.25, 0.3) is 11.3 Å². The van der Waals surface area contributed by atoms with E-state index in [-0.39, 0.29) is 5.91 Å². The minimum atomic E-state index is -1.20. The Morgan fingerprint density at radius 2 is 1.62 bits per heavy atom. The van der Waals surface area contributed by atoms with Crippen LogP contribution in [0.15, 0.2) is 101 Å². The van der Waals surface area contributed by atoms with Crippen molar-refractivity contribution >= 4 is 63.3 Å². The highest BCUT2D eigenvalue weighted by atomic mass is 35.5. The van der Waals surface area contributed by atoms with E-state index in [2.05, 4.69) is 15.6 Å². The molecule has 3 aromatic carbocycles. The van der Waals surface area contributed by atoms with Gasteiger partial charge in [0.25, 0.3) is 0 Å². The minimum absolute atomic E-state index is 0.229. The summed E-state index contributed by atoms with van der Waals surface area (Å²) in [6, 6.07) is 23.7. The highest BCUT2D eigenvalue weighted by molar-refractivity contribution is 8.00. The monoisotopic (exact) mass is 549 g/mol. The molecule has 1 aromatic heterocycles. The third kappa shape index (κ3) is 7.29. The molecule has 10 heteroatoms. The molecule has 4 rings (SSSR count). The summed E-state index contributed by atoms with van der Waals surface area (Å²) in [7, 11) is 0. The summed E-state index contributed by atoms with van der Waals surface area (Å²) >= 11 is 8.96. The Balaban J connectivity index is 1.48. The number of aliphatic carboxylic acids is 1. The number of anilines is 2. The molecule has 0 radical (unpaired) electrons. The lowest BCUT2D eigenvalue weighted by Gasteiger charge is -2.16. The normalized spacial score (nSPS) is 11.7. The van der Waals surface area contributed by atoms with E-state index in [1.807, 2.05) is 53.9 Å². The quantitative estimate of drug-likeness (QED) is 0.162. The predicted octanol–water partition coefficient (Wildman–Crippen LogP) is 6.51. The fourth-order valence-corrected chi connectivity index (χ4v) is 5.25. The zero-order chi connectivity index (χ0) is 26.2. The van der Waals surface area contributed by atoms with Gasteiger partial charge >= 0.3 is 5.97 Å². The van der Waals surface area contributed by atoms with Gasteiger partial charge in [-0.2, -0.15) is 0 Å². The molecule has 0 spiro atoms. The molecule has 4 aromatic rings. The van der Waals surface area contributed by atoms with Gasteiger partial charge in [0, 0.05) is 38.7 Å².